The van der Waals surface area contributed by atoms with Crippen molar-refractivity contribution in [1.29, 1.82) is 0 Å². The number of carbonyl (C=O) groups is 1. The van der Waals surface area contributed by atoms with Crippen LogP contribution in [0.1, 0.15) is 341 Å². The van der Waals surface area contributed by atoms with Crippen molar-refractivity contribution in [1.82, 2.24) is 5.32 Å². The molecule has 1 aliphatic heterocycles. The molecule has 0 aromatic rings. The summed E-state index contributed by atoms with van der Waals surface area (Å²) in [4.78, 5) is 13.1. The third kappa shape index (κ3) is 47.0. The highest BCUT2D eigenvalue weighted by atomic mass is 16.7. The molecule has 6 N–H and O–H groups in total. The van der Waals surface area contributed by atoms with Crippen LogP contribution in [0.2, 0.25) is 0 Å². The number of aliphatic hydroxyl groups is 5. The Balaban J connectivity index is 2.13. The van der Waals surface area contributed by atoms with E-state index in [9.17, 15) is 30.3 Å². The van der Waals surface area contributed by atoms with Gasteiger partial charge in [-0.1, -0.05) is 314 Å². The first-order chi connectivity index (χ1) is 38.3. The number of amides is 1. The molecule has 0 saturated carbocycles. The number of hydrogen-bond donors (Lipinski definition) is 6. The van der Waals surface area contributed by atoms with Gasteiger partial charge in [0.2, 0.25) is 5.91 Å². The minimum Gasteiger partial charge on any atom is -0.394 e. The molecule has 0 spiro atoms. The molecule has 9 nitrogen and oxygen atoms in total. The quantitative estimate of drug-likeness (QED) is 0.0261. The highest BCUT2D eigenvalue weighted by Crippen LogP contribution is 2.23. The normalized spacial score (nSPS) is 18.8. The standard InChI is InChI=1S/C69H131NO8/c1-3-5-7-9-11-13-15-17-19-21-23-25-27-28-29-30-31-32-33-34-35-36-37-39-41-43-45-47-49-51-53-55-57-59-65(73)70-62(61-77-69-68(76)67(75)66(74)64(60-71)78-69)63(72)58-56-54-52-50-48-46-44-42-40-38-26-24-22-20-18-16-14-12-10-8-6-4-2/h21,23,48,50,56,58,62-64,66-69,71-72,74-76H,3-20,22,24-47,49,51-55,57,59-61H2,1-2H3,(H,70,73)/b23-21-,50-48+,58-56+. The molecule has 78 heavy (non-hydrogen) atoms. The van der Waals surface area contributed by atoms with Crippen molar-refractivity contribution in [3.63, 3.8) is 0 Å². The Kier molecular flexibility index (Phi) is 55.9. The van der Waals surface area contributed by atoms with Crippen LogP contribution in [-0.2, 0) is 14.3 Å². The fraction of sp³-hybridized carbons (Fsp3) is 0.899. The average Bonchev–Trinajstić information content (AvgIpc) is 3.45. The third-order valence-corrected chi connectivity index (χ3v) is 16.4. The maximum absolute atomic E-state index is 13.1. The maximum atomic E-state index is 13.1. The van der Waals surface area contributed by atoms with Crippen LogP contribution in [-0.4, -0.2) is 87.5 Å². The van der Waals surface area contributed by atoms with Gasteiger partial charge in [-0.05, 0) is 57.8 Å². The lowest BCUT2D eigenvalue weighted by atomic mass is 9.99. The monoisotopic (exact) mass is 1100 g/mol. The van der Waals surface area contributed by atoms with Gasteiger partial charge in [-0.25, -0.2) is 0 Å². The van der Waals surface area contributed by atoms with E-state index in [0.29, 0.717) is 6.42 Å². The summed E-state index contributed by atoms with van der Waals surface area (Å²) in [6, 6.07) is -0.821. The summed E-state index contributed by atoms with van der Waals surface area (Å²) in [5.41, 5.74) is 0. The van der Waals surface area contributed by atoms with Crippen LogP contribution in [0, 0.1) is 0 Å². The number of hydrogen-bond acceptors (Lipinski definition) is 8. The van der Waals surface area contributed by atoms with Gasteiger partial charge in [-0.3, -0.25) is 4.79 Å². The van der Waals surface area contributed by atoms with E-state index in [4.69, 9.17) is 9.47 Å². The van der Waals surface area contributed by atoms with Crippen molar-refractivity contribution in [2.24, 2.45) is 0 Å². The van der Waals surface area contributed by atoms with Crippen molar-refractivity contribution in [3.05, 3.63) is 36.5 Å². The van der Waals surface area contributed by atoms with Gasteiger partial charge < -0.3 is 40.3 Å². The highest BCUT2D eigenvalue weighted by molar-refractivity contribution is 5.76. The van der Waals surface area contributed by atoms with Crippen LogP contribution < -0.4 is 5.32 Å². The number of carbonyl (C=O) groups excluding carboxylic acids is 1. The largest absolute Gasteiger partial charge is 0.394 e. The van der Waals surface area contributed by atoms with E-state index in [-0.39, 0.29) is 12.5 Å². The van der Waals surface area contributed by atoms with Crippen molar-refractivity contribution in [2.45, 2.75) is 384 Å². The molecule has 460 valence electrons. The SMILES string of the molecule is CCCCCCCCCC/C=C\CCCCCCCCCCCCCCCCCCCCCCCC(=O)NC(COC1OC(CO)C(O)C(O)C1O)C(O)/C=C/CC/C=C/CCCCCCCCCCCCCCCCCC. The molecule has 1 saturated heterocycles. The van der Waals surface area contributed by atoms with Crippen LogP contribution in [0.3, 0.4) is 0 Å². The maximum Gasteiger partial charge on any atom is 0.220 e. The van der Waals surface area contributed by atoms with Crippen molar-refractivity contribution < 1.29 is 39.8 Å². The van der Waals surface area contributed by atoms with Gasteiger partial charge in [0.1, 0.15) is 24.4 Å². The number of unbranched alkanes of at least 4 members (excludes halogenated alkanes) is 46. The lowest BCUT2D eigenvalue weighted by Gasteiger charge is -2.40. The summed E-state index contributed by atoms with van der Waals surface area (Å²) in [7, 11) is 0. The average molecular weight is 1100 g/mol. The first-order valence-corrected chi connectivity index (χ1v) is 34.2. The molecule has 1 fully saturated rings. The molecule has 0 aromatic heterocycles. The number of aliphatic hydroxyl groups excluding tert-OH is 5. The second-order valence-corrected chi connectivity index (χ2v) is 24.0. The Bertz CT molecular complexity index is 1320. The van der Waals surface area contributed by atoms with Crippen LogP contribution in [0.4, 0.5) is 0 Å². The van der Waals surface area contributed by atoms with E-state index in [0.717, 1.165) is 38.5 Å². The molecule has 0 aliphatic carbocycles. The molecule has 0 radical (unpaired) electrons. The lowest BCUT2D eigenvalue weighted by molar-refractivity contribution is -0.302. The Morgan fingerprint density at radius 1 is 0.423 bits per heavy atom. The van der Waals surface area contributed by atoms with Gasteiger partial charge in [-0.15, -0.1) is 0 Å². The lowest BCUT2D eigenvalue weighted by Crippen LogP contribution is -2.60. The first-order valence-electron chi connectivity index (χ1n) is 34.2. The first kappa shape index (κ1) is 74.4. The summed E-state index contributed by atoms with van der Waals surface area (Å²) in [5.74, 6) is -0.180. The van der Waals surface area contributed by atoms with Gasteiger partial charge >= 0.3 is 0 Å². The zero-order valence-corrected chi connectivity index (χ0v) is 51.4. The summed E-state index contributed by atoms with van der Waals surface area (Å²) in [6.07, 6.45) is 71.1. The number of rotatable bonds is 60. The van der Waals surface area contributed by atoms with E-state index < -0.39 is 49.5 Å². The van der Waals surface area contributed by atoms with Gasteiger partial charge in [0.05, 0.1) is 25.4 Å². The predicted molar refractivity (Wildman–Crippen MR) is 332 cm³/mol. The van der Waals surface area contributed by atoms with Crippen LogP contribution in [0.5, 0.6) is 0 Å². The summed E-state index contributed by atoms with van der Waals surface area (Å²) < 4.78 is 11.3. The van der Waals surface area contributed by atoms with Crippen molar-refractivity contribution in [2.75, 3.05) is 13.2 Å². The Labute approximate surface area is 482 Å². The Hall–Kier alpha value is -1.59. The molecule has 7 unspecified atom stereocenters. The van der Waals surface area contributed by atoms with Crippen LogP contribution >= 0.6 is 0 Å². The second-order valence-electron chi connectivity index (χ2n) is 24.0. The zero-order chi connectivity index (χ0) is 56.5. The molecule has 9 heteroatoms. The molecule has 0 bridgehead atoms. The molecular weight excluding hydrogens is 971 g/mol. The Morgan fingerprint density at radius 3 is 1.08 bits per heavy atom. The van der Waals surface area contributed by atoms with E-state index in [2.05, 4.69) is 43.5 Å². The minimum atomic E-state index is -1.57. The fourth-order valence-electron chi connectivity index (χ4n) is 11.1. The van der Waals surface area contributed by atoms with Gasteiger partial charge in [0.25, 0.3) is 0 Å². The summed E-state index contributed by atoms with van der Waals surface area (Å²) in [6.45, 7) is 3.81. The minimum absolute atomic E-state index is 0.180. The smallest absolute Gasteiger partial charge is 0.220 e. The van der Waals surface area contributed by atoms with E-state index >= 15 is 0 Å². The highest BCUT2D eigenvalue weighted by Gasteiger charge is 2.44. The molecule has 1 heterocycles. The van der Waals surface area contributed by atoms with Gasteiger partial charge in [0.15, 0.2) is 6.29 Å². The fourth-order valence-corrected chi connectivity index (χ4v) is 11.1. The molecule has 1 amide bonds. The topological polar surface area (TPSA) is 149 Å². The molecule has 1 aliphatic rings. The van der Waals surface area contributed by atoms with Crippen LogP contribution in [0.25, 0.3) is 0 Å². The van der Waals surface area contributed by atoms with E-state index in [1.165, 1.54) is 283 Å². The summed E-state index contributed by atoms with van der Waals surface area (Å²) in [5, 5.41) is 54.7. The van der Waals surface area contributed by atoms with Gasteiger partial charge in [0, 0.05) is 6.42 Å². The van der Waals surface area contributed by atoms with E-state index in [1.807, 2.05) is 6.08 Å². The Morgan fingerprint density at radius 2 is 0.731 bits per heavy atom. The van der Waals surface area contributed by atoms with Crippen molar-refractivity contribution in [3.8, 4) is 0 Å². The zero-order valence-electron chi connectivity index (χ0n) is 51.4. The van der Waals surface area contributed by atoms with Gasteiger partial charge in [-0.2, -0.15) is 0 Å². The molecule has 1 rings (SSSR count). The molecule has 7 atom stereocenters. The number of nitrogens with one attached hydrogen (secondary N) is 1. The number of ether oxygens (including phenoxy) is 2. The molecule has 0 aromatic carbocycles. The summed E-state index contributed by atoms with van der Waals surface area (Å²) >= 11 is 0. The molecular formula is C69H131NO8. The van der Waals surface area contributed by atoms with E-state index in [1.54, 1.807) is 6.08 Å². The second kappa shape index (κ2) is 58.6. The third-order valence-electron chi connectivity index (χ3n) is 16.4. The number of allylic oxidation sites excluding steroid dienone is 5. The van der Waals surface area contributed by atoms with Crippen molar-refractivity contribution >= 4 is 5.91 Å². The predicted octanol–water partition coefficient (Wildman–Crippen LogP) is 18.3. The van der Waals surface area contributed by atoms with Crippen LogP contribution in [0.15, 0.2) is 36.5 Å².